The summed E-state index contributed by atoms with van der Waals surface area (Å²) in [6.45, 7) is 6.15. The second-order valence-electron chi connectivity index (χ2n) is 7.09. The number of piperidine rings is 1. The van der Waals surface area contributed by atoms with E-state index in [1.807, 2.05) is 35.2 Å². The van der Waals surface area contributed by atoms with Gasteiger partial charge in [0.2, 0.25) is 11.8 Å². The van der Waals surface area contributed by atoms with Gasteiger partial charge < -0.3 is 15.0 Å². The summed E-state index contributed by atoms with van der Waals surface area (Å²) < 4.78 is 5.59. The van der Waals surface area contributed by atoms with Gasteiger partial charge in [-0.3, -0.25) is 9.59 Å². The summed E-state index contributed by atoms with van der Waals surface area (Å²) in [6, 6.07) is 9.82. The standard InChI is InChI=1S/C20H30N2O3/c1-16(2)15-20(24)22-12-10-17(11-13-22)21-19(23)9-6-14-25-18-7-4-3-5-8-18/h3-5,7-8,16-17H,6,9-15H2,1-2H3,(H,21,23). The number of nitrogens with zero attached hydrogens (tertiary/aromatic N) is 1. The lowest BCUT2D eigenvalue weighted by atomic mass is 10.0. The van der Waals surface area contributed by atoms with E-state index in [0.717, 1.165) is 31.7 Å². The van der Waals surface area contributed by atoms with Crippen LogP contribution in [-0.2, 0) is 9.59 Å². The molecule has 0 atom stereocenters. The van der Waals surface area contributed by atoms with Crippen LogP contribution >= 0.6 is 0 Å². The van der Waals surface area contributed by atoms with Crippen LogP contribution < -0.4 is 10.1 Å². The van der Waals surface area contributed by atoms with E-state index in [9.17, 15) is 9.59 Å². The molecular formula is C20H30N2O3. The Morgan fingerprint density at radius 1 is 1.20 bits per heavy atom. The first kappa shape index (κ1) is 19.3. The first-order valence-corrected chi connectivity index (χ1v) is 9.29. The lowest BCUT2D eigenvalue weighted by Gasteiger charge is -2.32. The Morgan fingerprint density at radius 2 is 1.88 bits per heavy atom. The molecule has 0 bridgehead atoms. The van der Waals surface area contributed by atoms with Gasteiger partial charge in [0.05, 0.1) is 6.61 Å². The van der Waals surface area contributed by atoms with Crippen molar-refractivity contribution in [3.05, 3.63) is 30.3 Å². The molecule has 0 aliphatic carbocycles. The third-order valence-corrected chi connectivity index (χ3v) is 4.36. The molecule has 1 saturated heterocycles. The smallest absolute Gasteiger partial charge is 0.222 e. The molecule has 0 radical (unpaired) electrons. The van der Waals surface area contributed by atoms with E-state index in [4.69, 9.17) is 4.74 Å². The van der Waals surface area contributed by atoms with Crippen LogP contribution in [-0.4, -0.2) is 42.5 Å². The van der Waals surface area contributed by atoms with Crippen LogP contribution in [0, 0.1) is 5.92 Å². The number of carbonyl (C=O) groups excluding carboxylic acids is 2. The summed E-state index contributed by atoms with van der Waals surface area (Å²) in [7, 11) is 0. The predicted molar refractivity (Wildman–Crippen MR) is 98.4 cm³/mol. The van der Waals surface area contributed by atoms with Crippen molar-refractivity contribution in [2.45, 2.75) is 52.0 Å². The van der Waals surface area contributed by atoms with Gasteiger partial charge >= 0.3 is 0 Å². The molecule has 25 heavy (non-hydrogen) atoms. The first-order chi connectivity index (χ1) is 12.0. The van der Waals surface area contributed by atoms with Crippen LogP contribution in [0.1, 0.15) is 46.0 Å². The maximum Gasteiger partial charge on any atom is 0.222 e. The molecule has 1 aliphatic heterocycles. The summed E-state index contributed by atoms with van der Waals surface area (Å²) in [6.07, 6.45) is 3.47. The third-order valence-electron chi connectivity index (χ3n) is 4.36. The van der Waals surface area contributed by atoms with Crippen molar-refractivity contribution in [1.82, 2.24) is 10.2 Å². The molecule has 2 rings (SSSR count). The highest BCUT2D eigenvalue weighted by Gasteiger charge is 2.23. The van der Waals surface area contributed by atoms with Gasteiger partial charge in [-0.25, -0.2) is 0 Å². The summed E-state index contributed by atoms with van der Waals surface area (Å²) in [5, 5.41) is 3.09. The SMILES string of the molecule is CC(C)CC(=O)N1CCC(NC(=O)CCCOc2ccccc2)CC1. The maximum atomic E-state index is 12.1. The minimum Gasteiger partial charge on any atom is -0.494 e. The van der Waals surface area contributed by atoms with Crippen molar-refractivity contribution in [3.8, 4) is 5.75 Å². The van der Waals surface area contributed by atoms with Gasteiger partial charge in [-0.15, -0.1) is 0 Å². The lowest BCUT2D eigenvalue weighted by Crippen LogP contribution is -2.46. The molecule has 0 unspecified atom stereocenters. The normalized spacial score (nSPS) is 15.2. The average Bonchev–Trinajstić information content (AvgIpc) is 2.60. The molecular weight excluding hydrogens is 316 g/mol. The highest BCUT2D eigenvalue weighted by atomic mass is 16.5. The Hall–Kier alpha value is -2.04. The first-order valence-electron chi connectivity index (χ1n) is 9.29. The van der Waals surface area contributed by atoms with Crippen molar-refractivity contribution >= 4 is 11.8 Å². The Balaban J connectivity index is 1.58. The topological polar surface area (TPSA) is 58.6 Å². The molecule has 1 aliphatic rings. The zero-order valence-corrected chi connectivity index (χ0v) is 15.4. The van der Waals surface area contributed by atoms with Crippen LogP contribution in [0.2, 0.25) is 0 Å². The largest absolute Gasteiger partial charge is 0.494 e. The van der Waals surface area contributed by atoms with Crippen molar-refractivity contribution in [1.29, 1.82) is 0 Å². The molecule has 1 aromatic rings. The number of ether oxygens (including phenoxy) is 1. The molecule has 2 amide bonds. The fraction of sp³-hybridized carbons (Fsp3) is 0.600. The zero-order valence-electron chi connectivity index (χ0n) is 15.4. The number of hydrogen-bond acceptors (Lipinski definition) is 3. The molecule has 1 aromatic carbocycles. The number of nitrogens with one attached hydrogen (secondary N) is 1. The number of rotatable bonds is 8. The summed E-state index contributed by atoms with van der Waals surface area (Å²) >= 11 is 0. The third kappa shape index (κ3) is 7.16. The van der Waals surface area contributed by atoms with Gasteiger partial charge in [-0.1, -0.05) is 32.0 Å². The average molecular weight is 346 g/mol. The molecule has 5 nitrogen and oxygen atoms in total. The van der Waals surface area contributed by atoms with E-state index in [0.29, 0.717) is 31.8 Å². The molecule has 0 spiro atoms. The summed E-state index contributed by atoms with van der Waals surface area (Å²) in [5.74, 6) is 1.53. The van der Waals surface area contributed by atoms with Gasteiger partial charge in [-0.05, 0) is 37.3 Å². The zero-order chi connectivity index (χ0) is 18.1. The summed E-state index contributed by atoms with van der Waals surface area (Å²) in [5.41, 5.74) is 0. The van der Waals surface area contributed by atoms with Crippen LogP contribution in [0.25, 0.3) is 0 Å². The van der Waals surface area contributed by atoms with E-state index >= 15 is 0 Å². The molecule has 0 aromatic heterocycles. The molecule has 1 heterocycles. The Morgan fingerprint density at radius 3 is 2.52 bits per heavy atom. The molecule has 0 saturated carbocycles. The van der Waals surface area contributed by atoms with Crippen molar-refractivity contribution < 1.29 is 14.3 Å². The Bertz CT molecular complexity index is 537. The second-order valence-corrected chi connectivity index (χ2v) is 7.09. The van der Waals surface area contributed by atoms with Gasteiger partial charge in [0, 0.05) is 32.0 Å². The Labute approximate surface area is 150 Å². The van der Waals surface area contributed by atoms with Crippen LogP contribution in [0.15, 0.2) is 30.3 Å². The number of para-hydroxylation sites is 1. The number of carbonyl (C=O) groups is 2. The van der Waals surface area contributed by atoms with Gasteiger partial charge in [-0.2, -0.15) is 0 Å². The highest BCUT2D eigenvalue weighted by molar-refractivity contribution is 5.77. The second kappa shape index (κ2) is 10.1. The quantitative estimate of drug-likeness (QED) is 0.736. The van der Waals surface area contributed by atoms with E-state index in [1.165, 1.54) is 0 Å². The van der Waals surface area contributed by atoms with Gasteiger partial charge in [0.15, 0.2) is 0 Å². The van der Waals surface area contributed by atoms with Crippen LogP contribution in [0.4, 0.5) is 0 Å². The van der Waals surface area contributed by atoms with Crippen molar-refractivity contribution in [2.75, 3.05) is 19.7 Å². The number of likely N-dealkylation sites (tertiary alicyclic amines) is 1. The number of hydrogen-bond donors (Lipinski definition) is 1. The monoisotopic (exact) mass is 346 g/mol. The van der Waals surface area contributed by atoms with Crippen LogP contribution in [0.5, 0.6) is 5.75 Å². The lowest BCUT2D eigenvalue weighted by molar-refractivity contribution is -0.133. The number of amides is 2. The fourth-order valence-electron chi connectivity index (χ4n) is 2.99. The van der Waals surface area contributed by atoms with Crippen LogP contribution in [0.3, 0.4) is 0 Å². The number of benzene rings is 1. The van der Waals surface area contributed by atoms with E-state index in [-0.39, 0.29) is 17.9 Å². The minimum absolute atomic E-state index is 0.0728. The Kier molecular flexibility index (Phi) is 7.76. The van der Waals surface area contributed by atoms with Crippen molar-refractivity contribution in [3.63, 3.8) is 0 Å². The van der Waals surface area contributed by atoms with Gasteiger partial charge in [0.1, 0.15) is 5.75 Å². The van der Waals surface area contributed by atoms with E-state index in [2.05, 4.69) is 19.2 Å². The molecule has 5 heteroatoms. The predicted octanol–water partition coefficient (Wildman–Crippen LogP) is 3.00. The molecule has 1 fully saturated rings. The maximum absolute atomic E-state index is 12.1. The van der Waals surface area contributed by atoms with Crippen molar-refractivity contribution in [2.24, 2.45) is 5.92 Å². The van der Waals surface area contributed by atoms with Gasteiger partial charge in [0.25, 0.3) is 0 Å². The molecule has 1 N–H and O–H groups in total. The van der Waals surface area contributed by atoms with E-state index in [1.54, 1.807) is 0 Å². The molecule has 138 valence electrons. The minimum atomic E-state index is 0.0728. The summed E-state index contributed by atoms with van der Waals surface area (Å²) in [4.78, 5) is 26.0. The van der Waals surface area contributed by atoms with E-state index < -0.39 is 0 Å². The highest BCUT2D eigenvalue weighted by Crippen LogP contribution is 2.14. The fourth-order valence-corrected chi connectivity index (χ4v) is 2.99.